The normalized spacial score (nSPS) is 37.8. The average Bonchev–Trinajstić information content (AvgIpc) is 2.37. The Hall–Kier alpha value is -0.920. The highest BCUT2D eigenvalue weighted by atomic mass is 19.4. The lowest BCUT2D eigenvalue weighted by Gasteiger charge is -2.44. The van der Waals surface area contributed by atoms with Gasteiger partial charge in [0, 0.05) is 6.42 Å². The molecule has 2 rings (SSSR count). The third-order valence-electron chi connectivity index (χ3n) is 4.84. The van der Waals surface area contributed by atoms with Gasteiger partial charge in [-0.3, -0.25) is 0 Å². The van der Waals surface area contributed by atoms with E-state index in [-0.39, 0.29) is 19.3 Å². The quantitative estimate of drug-likeness (QED) is 0.701. The van der Waals surface area contributed by atoms with E-state index < -0.39 is 60.7 Å². The fraction of sp³-hybridized carbons (Fsp3) is 0.857. The van der Waals surface area contributed by atoms with E-state index in [0.29, 0.717) is 0 Å². The highest BCUT2D eigenvalue weighted by Gasteiger charge is 2.55. The van der Waals surface area contributed by atoms with Crippen molar-refractivity contribution in [1.29, 1.82) is 0 Å². The smallest absolute Gasteiger partial charge is 0.392 e. The molecule has 2 aliphatic carbocycles. The summed E-state index contributed by atoms with van der Waals surface area (Å²) in [6.07, 6.45) is -10.7. The molecule has 0 aromatic carbocycles. The van der Waals surface area contributed by atoms with Crippen LogP contribution in [0.15, 0.2) is 11.8 Å². The molecular formula is C14H18F6O2. The van der Waals surface area contributed by atoms with Gasteiger partial charge in [-0.05, 0) is 43.6 Å². The monoisotopic (exact) mass is 332 g/mol. The lowest BCUT2D eigenvalue weighted by atomic mass is 9.64. The molecule has 0 heterocycles. The number of alkyl halides is 6. The third-order valence-corrected chi connectivity index (χ3v) is 4.84. The molecule has 2 N–H and O–H groups in total. The third kappa shape index (κ3) is 3.70. The number of aliphatic hydroxyl groups is 2. The lowest BCUT2D eigenvalue weighted by molar-refractivity contribution is -0.234. The minimum absolute atomic E-state index is 0.0774. The molecule has 8 heteroatoms. The van der Waals surface area contributed by atoms with Crippen LogP contribution in [-0.4, -0.2) is 28.7 Å². The lowest BCUT2D eigenvalue weighted by Crippen LogP contribution is -2.46. The minimum Gasteiger partial charge on any atom is -0.513 e. The molecule has 0 spiro atoms. The van der Waals surface area contributed by atoms with Crippen LogP contribution in [0.5, 0.6) is 0 Å². The summed E-state index contributed by atoms with van der Waals surface area (Å²) in [4.78, 5) is 0. The van der Waals surface area contributed by atoms with Gasteiger partial charge in [-0.25, -0.2) is 0 Å². The van der Waals surface area contributed by atoms with Crippen molar-refractivity contribution in [1.82, 2.24) is 0 Å². The van der Waals surface area contributed by atoms with Gasteiger partial charge >= 0.3 is 12.4 Å². The van der Waals surface area contributed by atoms with Gasteiger partial charge < -0.3 is 10.2 Å². The SMILES string of the molecule is OC1=CCC(C2CCC(O)CC2C(F)(F)F)C(C(F)(F)F)C1. The summed E-state index contributed by atoms with van der Waals surface area (Å²) in [7, 11) is 0. The Labute approximate surface area is 123 Å². The molecule has 0 saturated heterocycles. The molecule has 128 valence electrons. The molecule has 0 aliphatic heterocycles. The fourth-order valence-electron chi connectivity index (χ4n) is 3.79. The van der Waals surface area contributed by atoms with Crippen molar-refractivity contribution in [2.45, 2.75) is 50.6 Å². The largest absolute Gasteiger partial charge is 0.513 e. The summed E-state index contributed by atoms with van der Waals surface area (Å²) < 4.78 is 78.9. The first-order valence-corrected chi connectivity index (χ1v) is 7.19. The first-order valence-electron chi connectivity index (χ1n) is 7.19. The summed E-state index contributed by atoms with van der Waals surface area (Å²) in [6, 6.07) is 0. The molecule has 2 aliphatic rings. The maximum Gasteiger partial charge on any atom is 0.392 e. The molecular weight excluding hydrogens is 314 g/mol. The van der Waals surface area contributed by atoms with Crippen LogP contribution in [0.2, 0.25) is 0 Å². The standard InChI is InChI=1S/C14H18F6O2/c15-13(16,17)11-5-7(21)1-3-9(11)10-4-2-8(22)6-12(10)14(18,19)20/h1,8-12,21-22H,2-6H2. The molecule has 0 bridgehead atoms. The van der Waals surface area contributed by atoms with Crippen molar-refractivity contribution < 1.29 is 36.6 Å². The number of hydrogen-bond acceptors (Lipinski definition) is 2. The van der Waals surface area contributed by atoms with E-state index in [1.807, 2.05) is 0 Å². The van der Waals surface area contributed by atoms with Crippen molar-refractivity contribution in [3.63, 3.8) is 0 Å². The van der Waals surface area contributed by atoms with Crippen LogP contribution in [0.25, 0.3) is 0 Å². The van der Waals surface area contributed by atoms with E-state index in [2.05, 4.69) is 0 Å². The van der Waals surface area contributed by atoms with Crippen LogP contribution in [0.1, 0.15) is 32.1 Å². The summed E-state index contributed by atoms with van der Waals surface area (Å²) >= 11 is 0. The van der Waals surface area contributed by atoms with Crippen molar-refractivity contribution in [3.8, 4) is 0 Å². The Kier molecular flexibility index (Phi) is 4.71. The molecule has 5 atom stereocenters. The molecule has 22 heavy (non-hydrogen) atoms. The first-order chi connectivity index (χ1) is 10.00. The minimum atomic E-state index is -4.65. The second-order valence-corrected chi connectivity index (χ2v) is 6.23. The van der Waals surface area contributed by atoms with Crippen LogP contribution < -0.4 is 0 Å². The van der Waals surface area contributed by atoms with Gasteiger partial charge in [-0.15, -0.1) is 0 Å². The van der Waals surface area contributed by atoms with Crippen molar-refractivity contribution in [2.75, 3.05) is 0 Å². The number of aliphatic hydroxyl groups excluding tert-OH is 2. The van der Waals surface area contributed by atoms with Gasteiger partial charge in [0.1, 0.15) is 0 Å². The maximum absolute atomic E-state index is 13.2. The number of hydrogen-bond donors (Lipinski definition) is 2. The molecule has 0 amide bonds. The first kappa shape index (κ1) is 17.4. The predicted molar refractivity (Wildman–Crippen MR) is 65.9 cm³/mol. The Bertz CT molecular complexity index is 428. The van der Waals surface area contributed by atoms with Crippen molar-refractivity contribution in [3.05, 3.63) is 11.8 Å². The zero-order chi connectivity index (χ0) is 16.7. The second-order valence-electron chi connectivity index (χ2n) is 6.23. The van der Waals surface area contributed by atoms with E-state index in [0.717, 1.165) is 0 Å². The summed E-state index contributed by atoms with van der Waals surface area (Å²) in [5.74, 6) is -6.71. The number of allylic oxidation sites excluding steroid dienone is 2. The van der Waals surface area contributed by atoms with Gasteiger partial charge in [-0.2, -0.15) is 26.3 Å². The molecule has 1 fully saturated rings. The molecule has 1 saturated carbocycles. The highest BCUT2D eigenvalue weighted by molar-refractivity contribution is 5.05. The molecule has 5 unspecified atom stereocenters. The van der Waals surface area contributed by atoms with Crippen LogP contribution in [0.3, 0.4) is 0 Å². The Morgan fingerprint density at radius 1 is 0.909 bits per heavy atom. The number of rotatable bonds is 1. The Morgan fingerprint density at radius 2 is 1.50 bits per heavy atom. The topological polar surface area (TPSA) is 40.5 Å². The molecule has 0 aromatic rings. The highest BCUT2D eigenvalue weighted by Crippen LogP contribution is 2.52. The Balaban J connectivity index is 2.29. The van der Waals surface area contributed by atoms with Crippen LogP contribution >= 0.6 is 0 Å². The molecule has 2 nitrogen and oxygen atoms in total. The predicted octanol–water partition coefficient (Wildman–Crippen LogP) is 4.36. The zero-order valence-corrected chi connectivity index (χ0v) is 11.7. The van der Waals surface area contributed by atoms with Crippen LogP contribution in [-0.2, 0) is 0 Å². The van der Waals surface area contributed by atoms with Gasteiger partial charge in [0.2, 0.25) is 0 Å². The van der Waals surface area contributed by atoms with E-state index in [4.69, 9.17) is 0 Å². The van der Waals surface area contributed by atoms with Crippen LogP contribution in [0.4, 0.5) is 26.3 Å². The summed E-state index contributed by atoms with van der Waals surface area (Å²) in [5, 5.41) is 18.8. The van der Waals surface area contributed by atoms with Gasteiger partial charge in [-0.1, -0.05) is 0 Å². The van der Waals surface area contributed by atoms with Crippen LogP contribution in [0, 0.1) is 23.7 Å². The van der Waals surface area contributed by atoms with E-state index >= 15 is 0 Å². The van der Waals surface area contributed by atoms with Crippen molar-refractivity contribution in [2.24, 2.45) is 23.7 Å². The fourth-order valence-corrected chi connectivity index (χ4v) is 3.79. The molecule has 0 aromatic heterocycles. The van der Waals surface area contributed by atoms with E-state index in [1.54, 1.807) is 0 Å². The van der Waals surface area contributed by atoms with E-state index in [9.17, 15) is 36.6 Å². The number of halogens is 6. The zero-order valence-electron chi connectivity index (χ0n) is 11.7. The maximum atomic E-state index is 13.2. The van der Waals surface area contributed by atoms with Gasteiger partial charge in [0.05, 0.1) is 23.7 Å². The summed E-state index contributed by atoms with van der Waals surface area (Å²) in [6.45, 7) is 0. The molecule has 0 radical (unpaired) electrons. The average molecular weight is 332 g/mol. The van der Waals surface area contributed by atoms with Gasteiger partial charge in [0.25, 0.3) is 0 Å². The van der Waals surface area contributed by atoms with E-state index in [1.165, 1.54) is 6.08 Å². The second kappa shape index (κ2) is 5.94. The van der Waals surface area contributed by atoms with Gasteiger partial charge in [0.15, 0.2) is 0 Å². The summed E-state index contributed by atoms with van der Waals surface area (Å²) in [5.41, 5.74) is 0. The Morgan fingerprint density at radius 3 is 2.05 bits per heavy atom. The van der Waals surface area contributed by atoms with Crippen molar-refractivity contribution >= 4 is 0 Å².